The van der Waals surface area contributed by atoms with Crippen LogP contribution in [-0.2, 0) is 16.0 Å². The number of ether oxygens (including phenoxy) is 3. The molecule has 0 unspecified atom stereocenters. The predicted octanol–water partition coefficient (Wildman–Crippen LogP) is 1.57. The van der Waals surface area contributed by atoms with Gasteiger partial charge in [-0.1, -0.05) is 0 Å². The second-order valence-electron chi connectivity index (χ2n) is 4.56. The molecule has 0 saturated carbocycles. The van der Waals surface area contributed by atoms with Crippen LogP contribution >= 0.6 is 0 Å². The standard InChI is InChI=1S/C15H17NO5/c1-8-9-5-12(19-2)15(21-4)11(7-14(18)20-3)10(9)6-13(17)16-8/h5-6H,7H2,1-4H3,(H,16,17). The molecule has 1 aromatic carbocycles. The quantitative estimate of drug-likeness (QED) is 0.865. The van der Waals surface area contributed by atoms with E-state index in [-0.39, 0.29) is 12.0 Å². The van der Waals surface area contributed by atoms with E-state index in [0.717, 1.165) is 5.39 Å². The molecule has 21 heavy (non-hydrogen) atoms. The third kappa shape index (κ3) is 2.69. The lowest BCUT2D eigenvalue weighted by Gasteiger charge is -2.16. The summed E-state index contributed by atoms with van der Waals surface area (Å²) in [6.07, 6.45) is -0.00370. The molecule has 0 spiro atoms. The van der Waals surface area contributed by atoms with Crippen LogP contribution in [0, 0.1) is 6.92 Å². The fourth-order valence-electron chi connectivity index (χ4n) is 2.37. The van der Waals surface area contributed by atoms with Crippen molar-refractivity contribution in [2.45, 2.75) is 13.3 Å². The molecule has 0 aliphatic heterocycles. The fourth-order valence-corrected chi connectivity index (χ4v) is 2.37. The number of hydrogen-bond acceptors (Lipinski definition) is 5. The first-order chi connectivity index (χ1) is 10.0. The molecule has 0 bridgehead atoms. The Morgan fingerprint density at radius 3 is 2.43 bits per heavy atom. The van der Waals surface area contributed by atoms with Crippen LogP contribution in [0.2, 0.25) is 0 Å². The van der Waals surface area contributed by atoms with Gasteiger partial charge in [0.05, 0.1) is 27.8 Å². The highest BCUT2D eigenvalue weighted by atomic mass is 16.5. The van der Waals surface area contributed by atoms with Gasteiger partial charge in [0.15, 0.2) is 11.5 Å². The Hall–Kier alpha value is -2.50. The Morgan fingerprint density at radius 1 is 1.14 bits per heavy atom. The van der Waals surface area contributed by atoms with Gasteiger partial charge in [-0.15, -0.1) is 0 Å². The van der Waals surface area contributed by atoms with Crippen molar-refractivity contribution in [1.29, 1.82) is 0 Å². The van der Waals surface area contributed by atoms with Crippen molar-refractivity contribution in [1.82, 2.24) is 4.98 Å². The number of benzene rings is 1. The Morgan fingerprint density at radius 2 is 1.86 bits per heavy atom. The molecule has 1 aromatic heterocycles. The molecular weight excluding hydrogens is 274 g/mol. The van der Waals surface area contributed by atoms with Crippen molar-refractivity contribution < 1.29 is 19.0 Å². The number of nitrogens with one attached hydrogen (secondary N) is 1. The predicted molar refractivity (Wildman–Crippen MR) is 78.1 cm³/mol. The molecular formula is C15H17NO5. The van der Waals surface area contributed by atoms with E-state index in [2.05, 4.69) is 4.98 Å². The SMILES string of the molecule is COC(=O)Cc1c(OC)c(OC)cc2c(C)[nH]c(=O)cc12. The lowest BCUT2D eigenvalue weighted by molar-refractivity contribution is -0.139. The van der Waals surface area contributed by atoms with Crippen LogP contribution in [0.3, 0.4) is 0 Å². The summed E-state index contributed by atoms with van der Waals surface area (Å²) in [7, 11) is 4.33. The number of hydrogen-bond donors (Lipinski definition) is 1. The number of aromatic amines is 1. The zero-order valence-electron chi connectivity index (χ0n) is 12.4. The molecule has 0 saturated heterocycles. The first-order valence-electron chi connectivity index (χ1n) is 6.36. The van der Waals surface area contributed by atoms with Crippen LogP contribution in [0.4, 0.5) is 0 Å². The van der Waals surface area contributed by atoms with E-state index in [4.69, 9.17) is 14.2 Å². The molecule has 6 heteroatoms. The second kappa shape index (κ2) is 5.87. The van der Waals surface area contributed by atoms with E-state index in [0.29, 0.717) is 28.1 Å². The first kappa shape index (κ1) is 14.9. The molecule has 6 nitrogen and oxygen atoms in total. The van der Waals surface area contributed by atoms with Gasteiger partial charge in [-0.3, -0.25) is 9.59 Å². The summed E-state index contributed by atoms with van der Waals surface area (Å²) >= 11 is 0. The number of carbonyl (C=O) groups excluding carboxylic acids is 1. The summed E-state index contributed by atoms with van der Waals surface area (Å²) < 4.78 is 15.4. The minimum atomic E-state index is -0.416. The maximum Gasteiger partial charge on any atom is 0.310 e. The fraction of sp³-hybridized carbons (Fsp3) is 0.333. The summed E-state index contributed by atoms with van der Waals surface area (Å²) in [4.78, 5) is 26.1. The van der Waals surface area contributed by atoms with Gasteiger partial charge in [0.25, 0.3) is 0 Å². The van der Waals surface area contributed by atoms with Crippen molar-refractivity contribution >= 4 is 16.7 Å². The highest BCUT2D eigenvalue weighted by molar-refractivity contribution is 5.94. The van der Waals surface area contributed by atoms with Crippen molar-refractivity contribution in [2.75, 3.05) is 21.3 Å². The number of esters is 1. The highest BCUT2D eigenvalue weighted by Gasteiger charge is 2.19. The van der Waals surface area contributed by atoms with Crippen LogP contribution in [0.15, 0.2) is 16.9 Å². The maximum atomic E-state index is 11.7. The molecule has 2 rings (SSSR count). The zero-order chi connectivity index (χ0) is 15.6. The van der Waals surface area contributed by atoms with Crippen molar-refractivity contribution in [3.63, 3.8) is 0 Å². The lowest BCUT2D eigenvalue weighted by atomic mass is 10.00. The first-order valence-corrected chi connectivity index (χ1v) is 6.36. The summed E-state index contributed by atoms with van der Waals surface area (Å²) in [5.74, 6) is 0.514. The smallest absolute Gasteiger partial charge is 0.310 e. The third-order valence-corrected chi connectivity index (χ3v) is 3.35. The van der Waals surface area contributed by atoms with Crippen LogP contribution in [0.5, 0.6) is 11.5 Å². The summed E-state index contributed by atoms with van der Waals surface area (Å²) in [5, 5.41) is 1.45. The number of methoxy groups -OCH3 is 3. The summed E-state index contributed by atoms with van der Waals surface area (Å²) in [6, 6.07) is 3.22. The molecule has 0 atom stereocenters. The molecule has 0 radical (unpaired) electrons. The average Bonchev–Trinajstić information content (AvgIpc) is 2.47. The monoisotopic (exact) mass is 291 g/mol. The number of aryl methyl sites for hydroxylation is 1. The molecule has 0 aliphatic carbocycles. The second-order valence-corrected chi connectivity index (χ2v) is 4.56. The van der Waals surface area contributed by atoms with Gasteiger partial charge in [-0.05, 0) is 18.4 Å². The highest BCUT2D eigenvalue weighted by Crippen LogP contribution is 2.38. The number of aromatic nitrogens is 1. The lowest BCUT2D eigenvalue weighted by Crippen LogP contribution is -2.11. The van der Waals surface area contributed by atoms with Crippen LogP contribution in [0.1, 0.15) is 11.3 Å². The van der Waals surface area contributed by atoms with E-state index in [1.807, 2.05) is 0 Å². The van der Waals surface area contributed by atoms with Crippen LogP contribution in [0.25, 0.3) is 10.8 Å². The molecule has 1 heterocycles. The number of fused-ring (bicyclic) bond motifs is 1. The Labute approximate surface area is 121 Å². The van der Waals surface area contributed by atoms with Gasteiger partial charge in [0.2, 0.25) is 5.56 Å². The minimum Gasteiger partial charge on any atom is -0.493 e. The summed E-state index contributed by atoms with van der Waals surface area (Å²) in [6.45, 7) is 1.79. The maximum absolute atomic E-state index is 11.7. The van der Waals surface area contributed by atoms with E-state index in [9.17, 15) is 9.59 Å². The Kier molecular flexibility index (Phi) is 4.16. The van der Waals surface area contributed by atoms with Gasteiger partial charge in [-0.2, -0.15) is 0 Å². The van der Waals surface area contributed by atoms with Crippen molar-refractivity contribution in [3.05, 3.63) is 33.7 Å². The van der Waals surface area contributed by atoms with E-state index < -0.39 is 5.97 Å². The number of pyridine rings is 1. The minimum absolute atomic E-state index is 0.00370. The van der Waals surface area contributed by atoms with Crippen LogP contribution in [-0.4, -0.2) is 32.3 Å². The molecule has 112 valence electrons. The summed E-state index contributed by atoms with van der Waals surface area (Å²) in [5.41, 5.74) is 1.04. The van der Waals surface area contributed by atoms with E-state index >= 15 is 0 Å². The topological polar surface area (TPSA) is 77.6 Å². The van der Waals surface area contributed by atoms with Gasteiger partial charge >= 0.3 is 5.97 Å². The molecule has 2 aromatic rings. The molecule has 0 amide bonds. The number of carbonyl (C=O) groups is 1. The van der Waals surface area contributed by atoms with Crippen molar-refractivity contribution in [2.24, 2.45) is 0 Å². The number of H-pyrrole nitrogens is 1. The van der Waals surface area contributed by atoms with Crippen LogP contribution < -0.4 is 15.0 Å². The van der Waals surface area contributed by atoms with Gasteiger partial charge in [-0.25, -0.2) is 0 Å². The van der Waals surface area contributed by atoms with Gasteiger partial charge < -0.3 is 19.2 Å². The van der Waals surface area contributed by atoms with Crippen molar-refractivity contribution in [3.8, 4) is 11.5 Å². The Balaban J connectivity index is 2.86. The largest absolute Gasteiger partial charge is 0.493 e. The third-order valence-electron chi connectivity index (χ3n) is 3.35. The molecule has 1 N–H and O–H groups in total. The van der Waals surface area contributed by atoms with Gasteiger partial charge in [0, 0.05) is 22.7 Å². The van der Waals surface area contributed by atoms with E-state index in [1.165, 1.54) is 27.4 Å². The normalized spacial score (nSPS) is 10.5. The molecule has 0 fully saturated rings. The van der Waals surface area contributed by atoms with E-state index in [1.54, 1.807) is 13.0 Å². The van der Waals surface area contributed by atoms with Gasteiger partial charge in [0.1, 0.15) is 0 Å². The average molecular weight is 291 g/mol. The number of rotatable bonds is 4. The molecule has 0 aliphatic rings. The zero-order valence-corrected chi connectivity index (χ0v) is 12.4. The Bertz CT molecular complexity index is 748.